The number of benzene rings is 1. The Morgan fingerprint density at radius 3 is 2.83 bits per heavy atom. The van der Waals surface area contributed by atoms with Gasteiger partial charge in [-0.05, 0) is 25.8 Å². The van der Waals surface area contributed by atoms with Crippen LogP contribution in [0.5, 0.6) is 0 Å². The summed E-state index contributed by atoms with van der Waals surface area (Å²) >= 11 is 0. The zero-order chi connectivity index (χ0) is 13.0. The molecule has 0 radical (unpaired) electrons. The highest BCUT2D eigenvalue weighted by Gasteiger charge is 2.30. The van der Waals surface area contributed by atoms with Gasteiger partial charge in [-0.2, -0.15) is 0 Å². The van der Waals surface area contributed by atoms with E-state index >= 15 is 0 Å². The molecule has 18 heavy (non-hydrogen) atoms. The van der Waals surface area contributed by atoms with Crippen molar-refractivity contribution in [1.82, 2.24) is 4.90 Å². The molecule has 1 fully saturated rings. The van der Waals surface area contributed by atoms with Gasteiger partial charge in [-0.25, -0.2) is 0 Å². The molecule has 0 spiro atoms. The van der Waals surface area contributed by atoms with Gasteiger partial charge in [0.25, 0.3) is 0 Å². The molecule has 0 heterocycles. The van der Waals surface area contributed by atoms with Crippen LogP contribution in [0.1, 0.15) is 28.8 Å². The van der Waals surface area contributed by atoms with Crippen LogP contribution in [0, 0.1) is 6.92 Å². The molecule has 2 rings (SSSR count). The highest BCUT2D eigenvalue weighted by Crippen LogP contribution is 2.26. The molecule has 1 aromatic carbocycles. The van der Waals surface area contributed by atoms with Crippen LogP contribution in [0.2, 0.25) is 0 Å². The molecule has 0 aliphatic heterocycles. The summed E-state index contributed by atoms with van der Waals surface area (Å²) in [4.78, 5) is 14.5. The minimum absolute atomic E-state index is 0.210. The minimum atomic E-state index is 0.210. The van der Waals surface area contributed by atoms with Crippen LogP contribution in [-0.2, 0) is 4.74 Å². The number of Topliss-reactive ketones (excluding diaryl/α,β-unsaturated/α-hetero) is 1. The Morgan fingerprint density at radius 2 is 2.22 bits per heavy atom. The molecule has 1 aromatic rings. The lowest BCUT2D eigenvalue weighted by atomic mass is 10.1. The number of nitrogens with zero attached hydrogens (tertiary/aromatic N) is 1. The van der Waals surface area contributed by atoms with Crippen molar-refractivity contribution in [2.45, 2.75) is 25.8 Å². The topological polar surface area (TPSA) is 29.5 Å². The molecule has 1 aliphatic carbocycles. The van der Waals surface area contributed by atoms with Gasteiger partial charge in [0.15, 0.2) is 5.78 Å². The Morgan fingerprint density at radius 1 is 1.44 bits per heavy atom. The van der Waals surface area contributed by atoms with Gasteiger partial charge in [0.05, 0.1) is 13.2 Å². The molecule has 1 saturated carbocycles. The van der Waals surface area contributed by atoms with Crippen molar-refractivity contribution in [2.75, 3.05) is 26.8 Å². The number of carbonyl (C=O) groups excluding carboxylic acids is 1. The third-order valence-electron chi connectivity index (χ3n) is 3.33. The molecular weight excluding hydrogens is 226 g/mol. The van der Waals surface area contributed by atoms with Crippen molar-refractivity contribution in [3.63, 3.8) is 0 Å². The quantitative estimate of drug-likeness (QED) is 0.692. The highest BCUT2D eigenvalue weighted by molar-refractivity contribution is 5.97. The van der Waals surface area contributed by atoms with Crippen LogP contribution in [0.25, 0.3) is 0 Å². The summed E-state index contributed by atoms with van der Waals surface area (Å²) in [5, 5.41) is 0. The largest absolute Gasteiger partial charge is 0.383 e. The fourth-order valence-electron chi connectivity index (χ4n) is 2.13. The van der Waals surface area contributed by atoms with Gasteiger partial charge in [-0.15, -0.1) is 0 Å². The summed E-state index contributed by atoms with van der Waals surface area (Å²) in [5.41, 5.74) is 1.95. The Labute approximate surface area is 109 Å². The third kappa shape index (κ3) is 3.65. The number of hydrogen-bond donors (Lipinski definition) is 0. The van der Waals surface area contributed by atoms with Crippen LogP contribution in [0.4, 0.5) is 0 Å². The lowest BCUT2D eigenvalue weighted by Crippen LogP contribution is -2.34. The molecule has 0 aromatic heterocycles. The van der Waals surface area contributed by atoms with E-state index in [-0.39, 0.29) is 5.78 Å². The zero-order valence-electron chi connectivity index (χ0n) is 11.2. The van der Waals surface area contributed by atoms with E-state index in [1.165, 1.54) is 12.8 Å². The fraction of sp³-hybridized carbons (Fsp3) is 0.533. The maximum Gasteiger partial charge on any atom is 0.176 e. The van der Waals surface area contributed by atoms with Gasteiger partial charge >= 0.3 is 0 Å². The van der Waals surface area contributed by atoms with Gasteiger partial charge in [-0.1, -0.05) is 23.8 Å². The molecule has 3 heteroatoms. The van der Waals surface area contributed by atoms with Gasteiger partial charge in [0, 0.05) is 25.3 Å². The number of carbonyl (C=O) groups is 1. The predicted octanol–water partition coefficient (Wildman–Crippen LogP) is 2.29. The summed E-state index contributed by atoms with van der Waals surface area (Å²) < 4.78 is 5.10. The predicted molar refractivity (Wildman–Crippen MR) is 72.0 cm³/mol. The maximum atomic E-state index is 12.2. The Kier molecular flexibility index (Phi) is 4.50. The molecule has 0 saturated heterocycles. The average Bonchev–Trinajstić information content (AvgIpc) is 3.18. The van der Waals surface area contributed by atoms with Crippen molar-refractivity contribution in [2.24, 2.45) is 0 Å². The van der Waals surface area contributed by atoms with E-state index in [1.54, 1.807) is 7.11 Å². The SMILES string of the molecule is COCCN(CC(=O)c1cccc(C)c1)C1CC1. The molecule has 3 nitrogen and oxygen atoms in total. The van der Waals surface area contributed by atoms with Crippen LogP contribution >= 0.6 is 0 Å². The third-order valence-corrected chi connectivity index (χ3v) is 3.33. The van der Waals surface area contributed by atoms with E-state index in [0.717, 1.165) is 17.7 Å². The zero-order valence-corrected chi connectivity index (χ0v) is 11.2. The van der Waals surface area contributed by atoms with Gasteiger partial charge < -0.3 is 4.74 Å². The number of ether oxygens (including phenoxy) is 1. The van der Waals surface area contributed by atoms with Gasteiger partial charge in [0.2, 0.25) is 0 Å². The van der Waals surface area contributed by atoms with Crippen molar-refractivity contribution in [3.8, 4) is 0 Å². The second kappa shape index (κ2) is 6.12. The summed E-state index contributed by atoms with van der Waals surface area (Å²) in [5.74, 6) is 0.210. The second-order valence-corrected chi connectivity index (χ2v) is 4.99. The van der Waals surface area contributed by atoms with Gasteiger partial charge in [-0.3, -0.25) is 9.69 Å². The van der Waals surface area contributed by atoms with E-state index in [0.29, 0.717) is 19.2 Å². The molecule has 0 amide bonds. The Balaban J connectivity index is 1.95. The molecule has 1 aliphatic rings. The number of ketones is 1. The van der Waals surface area contributed by atoms with Crippen molar-refractivity contribution < 1.29 is 9.53 Å². The molecule has 0 atom stereocenters. The summed E-state index contributed by atoms with van der Waals surface area (Å²) in [6.45, 7) is 4.06. The van der Waals surface area contributed by atoms with Crippen LogP contribution in [0.15, 0.2) is 24.3 Å². The standard InChI is InChI=1S/C15H21NO2/c1-12-4-3-5-13(10-12)15(17)11-16(8-9-18-2)14-6-7-14/h3-5,10,14H,6-9,11H2,1-2H3. The summed E-state index contributed by atoms with van der Waals surface area (Å²) in [6.07, 6.45) is 2.43. The first-order valence-electron chi connectivity index (χ1n) is 6.53. The Bertz CT molecular complexity index is 413. The summed E-state index contributed by atoms with van der Waals surface area (Å²) in [6, 6.07) is 8.41. The van der Waals surface area contributed by atoms with E-state index in [4.69, 9.17) is 4.74 Å². The second-order valence-electron chi connectivity index (χ2n) is 4.99. The minimum Gasteiger partial charge on any atom is -0.383 e. The molecule has 0 N–H and O–H groups in total. The number of methoxy groups -OCH3 is 1. The van der Waals surface area contributed by atoms with Crippen LogP contribution in [-0.4, -0.2) is 43.5 Å². The van der Waals surface area contributed by atoms with Crippen LogP contribution < -0.4 is 0 Å². The van der Waals surface area contributed by atoms with E-state index in [1.807, 2.05) is 31.2 Å². The lowest BCUT2D eigenvalue weighted by Gasteiger charge is -2.20. The van der Waals surface area contributed by atoms with Crippen LogP contribution in [0.3, 0.4) is 0 Å². The first kappa shape index (κ1) is 13.2. The fourth-order valence-corrected chi connectivity index (χ4v) is 2.13. The lowest BCUT2D eigenvalue weighted by molar-refractivity contribution is 0.0885. The first-order chi connectivity index (χ1) is 8.70. The number of aryl methyl sites for hydroxylation is 1. The van der Waals surface area contributed by atoms with Crippen molar-refractivity contribution in [1.29, 1.82) is 0 Å². The van der Waals surface area contributed by atoms with E-state index in [9.17, 15) is 4.79 Å². The molecular formula is C15H21NO2. The van der Waals surface area contributed by atoms with E-state index < -0.39 is 0 Å². The highest BCUT2D eigenvalue weighted by atomic mass is 16.5. The van der Waals surface area contributed by atoms with Gasteiger partial charge in [0.1, 0.15) is 0 Å². The van der Waals surface area contributed by atoms with Crippen molar-refractivity contribution in [3.05, 3.63) is 35.4 Å². The molecule has 0 unspecified atom stereocenters. The average molecular weight is 247 g/mol. The maximum absolute atomic E-state index is 12.2. The normalized spacial score (nSPS) is 15.1. The smallest absolute Gasteiger partial charge is 0.176 e. The summed E-state index contributed by atoms with van der Waals surface area (Å²) in [7, 11) is 1.70. The van der Waals surface area contributed by atoms with Crippen molar-refractivity contribution >= 4 is 5.78 Å². The number of rotatable bonds is 7. The number of hydrogen-bond acceptors (Lipinski definition) is 3. The molecule has 0 bridgehead atoms. The Hall–Kier alpha value is -1.19. The first-order valence-corrected chi connectivity index (χ1v) is 6.53. The molecule has 98 valence electrons. The monoisotopic (exact) mass is 247 g/mol. The van der Waals surface area contributed by atoms with E-state index in [2.05, 4.69) is 4.90 Å².